The number of piperidine rings is 1. The molecule has 1 aromatic carbocycles. The molecule has 2 aromatic rings. The van der Waals surface area contributed by atoms with Crippen molar-refractivity contribution in [2.45, 2.75) is 56.7 Å². The zero-order valence-electron chi connectivity index (χ0n) is 18.4. The molecule has 2 heterocycles. The number of carbonyl (C=O) groups is 1. The minimum Gasteiger partial charge on any atom is -0.460 e. The number of likely N-dealkylation sites (tertiary alicyclic amines) is 1. The molecule has 1 unspecified atom stereocenters. The first-order chi connectivity index (χ1) is 15.0. The average molecular weight is 425 g/mol. The maximum atomic E-state index is 13.3. The van der Waals surface area contributed by atoms with Crippen molar-refractivity contribution >= 4 is 5.97 Å². The van der Waals surface area contributed by atoms with Gasteiger partial charge in [-0.3, -0.25) is 0 Å². The van der Waals surface area contributed by atoms with E-state index in [2.05, 4.69) is 17.0 Å². The van der Waals surface area contributed by atoms with E-state index in [0.717, 1.165) is 74.8 Å². The Labute approximate surface area is 184 Å². The Kier molecular flexibility index (Phi) is 6.68. The van der Waals surface area contributed by atoms with Crippen LogP contribution in [0.15, 0.2) is 48.9 Å². The third kappa shape index (κ3) is 4.96. The smallest absolute Gasteiger partial charge is 0.343 e. The zero-order valence-corrected chi connectivity index (χ0v) is 18.4. The largest absolute Gasteiger partial charge is 0.460 e. The van der Waals surface area contributed by atoms with Crippen molar-refractivity contribution in [3.63, 3.8) is 0 Å². The Morgan fingerprint density at radius 3 is 2.48 bits per heavy atom. The van der Waals surface area contributed by atoms with E-state index < -0.39 is 11.6 Å². The van der Waals surface area contributed by atoms with Gasteiger partial charge in [0.05, 0.1) is 26.7 Å². The summed E-state index contributed by atoms with van der Waals surface area (Å²) in [6.07, 6.45) is 9.64. The summed E-state index contributed by atoms with van der Waals surface area (Å²) in [5.41, 5.74) is 0.181. The molecule has 6 nitrogen and oxygen atoms in total. The van der Waals surface area contributed by atoms with Crippen LogP contribution < -0.4 is 0 Å². The van der Waals surface area contributed by atoms with Crippen LogP contribution in [0.25, 0.3) is 0 Å². The second-order valence-corrected chi connectivity index (χ2v) is 9.46. The Morgan fingerprint density at radius 2 is 1.84 bits per heavy atom. The van der Waals surface area contributed by atoms with Gasteiger partial charge in [0.1, 0.15) is 12.4 Å². The van der Waals surface area contributed by atoms with Gasteiger partial charge in [-0.05, 0) is 24.5 Å². The number of likely N-dealkylation sites (N-methyl/N-ethyl adjacent to an activating group) is 1. The quantitative estimate of drug-likeness (QED) is 0.546. The van der Waals surface area contributed by atoms with E-state index in [-0.39, 0.29) is 12.0 Å². The summed E-state index contributed by atoms with van der Waals surface area (Å²) in [5, 5.41) is 11.6. The fourth-order valence-corrected chi connectivity index (χ4v) is 5.16. The molecule has 1 N–H and O–H groups in total. The maximum absolute atomic E-state index is 13.3. The van der Waals surface area contributed by atoms with E-state index in [1.54, 1.807) is 12.5 Å². The lowest BCUT2D eigenvalue weighted by Crippen LogP contribution is -2.53. The molecule has 1 aliphatic heterocycles. The number of nitrogens with zero attached hydrogens (tertiary/aromatic N) is 3. The highest BCUT2D eigenvalue weighted by molar-refractivity contribution is 5.81. The average Bonchev–Trinajstić information content (AvgIpc) is 3.36. The van der Waals surface area contributed by atoms with Gasteiger partial charge in [-0.25, -0.2) is 14.8 Å². The van der Waals surface area contributed by atoms with Crippen LogP contribution in [-0.4, -0.2) is 58.3 Å². The third-order valence-electron chi connectivity index (χ3n) is 7.28. The number of aliphatic hydroxyl groups is 1. The lowest BCUT2D eigenvalue weighted by molar-refractivity contribution is -0.914. The van der Waals surface area contributed by atoms with E-state index >= 15 is 0 Å². The summed E-state index contributed by atoms with van der Waals surface area (Å²) in [5.74, 6) is -0.535. The summed E-state index contributed by atoms with van der Waals surface area (Å²) in [6, 6.07) is 11.3. The summed E-state index contributed by atoms with van der Waals surface area (Å²) >= 11 is 0. The molecule has 0 amide bonds. The number of hydrogen-bond acceptors (Lipinski definition) is 5. The number of ether oxygens (including phenoxy) is 1. The topological polar surface area (TPSA) is 72.3 Å². The van der Waals surface area contributed by atoms with Crippen LogP contribution in [0.5, 0.6) is 0 Å². The highest BCUT2D eigenvalue weighted by atomic mass is 16.6. The van der Waals surface area contributed by atoms with Crippen LogP contribution in [0.4, 0.5) is 0 Å². The van der Waals surface area contributed by atoms with Gasteiger partial charge in [0.2, 0.25) is 0 Å². The normalized spacial score (nSPS) is 26.3. The van der Waals surface area contributed by atoms with Crippen LogP contribution >= 0.6 is 0 Å². The van der Waals surface area contributed by atoms with E-state index in [9.17, 15) is 9.90 Å². The molecule has 1 aromatic heterocycles. The summed E-state index contributed by atoms with van der Waals surface area (Å²) in [6.45, 7) is 2.92. The number of aromatic nitrogens is 2. The molecule has 0 spiro atoms. The lowest BCUT2D eigenvalue weighted by Gasteiger charge is -2.41. The number of quaternary nitrogens is 1. The predicted octanol–water partition coefficient (Wildman–Crippen LogP) is 3.25. The van der Waals surface area contributed by atoms with Gasteiger partial charge in [-0.15, -0.1) is 0 Å². The van der Waals surface area contributed by atoms with Crippen molar-refractivity contribution in [1.82, 2.24) is 9.97 Å². The Morgan fingerprint density at radius 1 is 1.13 bits per heavy atom. The lowest BCUT2D eigenvalue weighted by atomic mass is 9.80. The molecular weight excluding hydrogens is 390 g/mol. The SMILES string of the molecule is C[N+]1(CCc2ccncn2)CCC(OC(=O)C(O)(c2ccccc2)C2CCCC2)CC1. The van der Waals surface area contributed by atoms with E-state index in [1.807, 2.05) is 36.4 Å². The number of esters is 1. The van der Waals surface area contributed by atoms with Crippen molar-refractivity contribution in [2.75, 3.05) is 26.7 Å². The first kappa shape index (κ1) is 21.9. The van der Waals surface area contributed by atoms with Crippen molar-refractivity contribution in [2.24, 2.45) is 5.92 Å². The molecule has 1 aliphatic carbocycles. The van der Waals surface area contributed by atoms with Crippen molar-refractivity contribution < 1.29 is 19.1 Å². The Hall–Kier alpha value is -2.31. The van der Waals surface area contributed by atoms with Gasteiger partial charge >= 0.3 is 5.97 Å². The zero-order chi connectivity index (χ0) is 21.7. The standard InChI is InChI=1S/C25H34N3O3/c1-28(16-12-22-11-15-26-19-27-22)17-13-23(14-18-28)31-24(29)25(30,21-9-5-6-10-21)20-7-3-2-4-8-20/h2-4,7-8,11,15,19,21,23,30H,5-6,9-10,12-14,16-18H2,1H3/q+1. The van der Waals surface area contributed by atoms with Gasteiger partial charge in [-0.1, -0.05) is 43.2 Å². The van der Waals surface area contributed by atoms with Crippen LogP contribution in [0, 0.1) is 5.92 Å². The highest BCUT2D eigenvalue weighted by Crippen LogP contribution is 2.42. The van der Waals surface area contributed by atoms with Gasteiger partial charge in [0.25, 0.3) is 0 Å². The highest BCUT2D eigenvalue weighted by Gasteiger charge is 2.49. The van der Waals surface area contributed by atoms with Crippen molar-refractivity contribution in [3.8, 4) is 0 Å². The van der Waals surface area contributed by atoms with E-state index in [0.29, 0.717) is 5.56 Å². The predicted molar refractivity (Wildman–Crippen MR) is 118 cm³/mol. The molecule has 2 aliphatic rings. The summed E-state index contributed by atoms with van der Waals surface area (Å²) in [4.78, 5) is 21.6. The minimum atomic E-state index is -1.54. The Balaban J connectivity index is 1.37. The van der Waals surface area contributed by atoms with Crippen LogP contribution in [0.1, 0.15) is 49.8 Å². The first-order valence-electron chi connectivity index (χ1n) is 11.6. The third-order valence-corrected chi connectivity index (χ3v) is 7.28. The van der Waals surface area contributed by atoms with Crippen molar-refractivity contribution in [1.29, 1.82) is 0 Å². The summed E-state index contributed by atoms with van der Waals surface area (Å²) < 4.78 is 6.91. The fraction of sp³-hybridized carbons (Fsp3) is 0.560. The first-order valence-corrected chi connectivity index (χ1v) is 11.6. The van der Waals surface area contributed by atoms with Gasteiger partial charge in [0, 0.05) is 37.1 Å². The number of rotatable bonds is 7. The molecule has 4 rings (SSSR count). The molecule has 1 saturated carbocycles. The van der Waals surface area contributed by atoms with Crippen LogP contribution in [0.2, 0.25) is 0 Å². The van der Waals surface area contributed by atoms with Crippen molar-refractivity contribution in [3.05, 3.63) is 60.2 Å². The van der Waals surface area contributed by atoms with Crippen LogP contribution in [-0.2, 0) is 21.6 Å². The second kappa shape index (κ2) is 9.45. The molecular formula is C25H34N3O3+. The molecule has 31 heavy (non-hydrogen) atoms. The molecule has 1 saturated heterocycles. The number of carbonyl (C=O) groups excluding carboxylic acids is 1. The molecule has 1 atom stereocenters. The molecule has 0 radical (unpaired) electrons. The molecule has 6 heteroatoms. The van der Waals surface area contributed by atoms with E-state index in [1.165, 1.54) is 0 Å². The number of hydrogen-bond donors (Lipinski definition) is 1. The molecule has 2 fully saturated rings. The molecule has 166 valence electrons. The maximum Gasteiger partial charge on any atom is 0.343 e. The molecule has 0 bridgehead atoms. The number of benzene rings is 1. The monoisotopic (exact) mass is 424 g/mol. The summed E-state index contributed by atoms with van der Waals surface area (Å²) in [7, 11) is 2.26. The van der Waals surface area contributed by atoms with Crippen LogP contribution in [0.3, 0.4) is 0 Å². The second-order valence-electron chi connectivity index (χ2n) is 9.46. The Bertz CT molecular complexity index is 847. The minimum absolute atomic E-state index is 0.0695. The van der Waals surface area contributed by atoms with Gasteiger partial charge in [0.15, 0.2) is 5.60 Å². The van der Waals surface area contributed by atoms with Gasteiger partial charge < -0.3 is 14.3 Å². The van der Waals surface area contributed by atoms with E-state index in [4.69, 9.17) is 4.74 Å². The fourth-order valence-electron chi connectivity index (χ4n) is 5.16. The van der Waals surface area contributed by atoms with Gasteiger partial charge in [-0.2, -0.15) is 0 Å².